The Balaban J connectivity index is 1.78. The van der Waals surface area contributed by atoms with Gasteiger partial charge in [0.25, 0.3) is 0 Å². The minimum absolute atomic E-state index is 0.153. The van der Waals surface area contributed by atoms with Gasteiger partial charge in [-0.25, -0.2) is 13.1 Å². The minimum Gasteiger partial charge on any atom is -0.493 e. The molecule has 0 amide bonds. The van der Waals surface area contributed by atoms with Crippen molar-refractivity contribution in [2.75, 3.05) is 20.8 Å². The van der Waals surface area contributed by atoms with Crippen molar-refractivity contribution in [2.45, 2.75) is 24.7 Å². The highest BCUT2D eigenvalue weighted by atomic mass is 32.2. The van der Waals surface area contributed by atoms with Crippen molar-refractivity contribution < 1.29 is 17.9 Å². The van der Waals surface area contributed by atoms with Crippen molar-refractivity contribution in [3.05, 3.63) is 89.1 Å². The highest BCUT2D eigenvalue weighted by molar-refractivity contribution is 7.89. The van der Waals surface area contributed by atoms with Gasteiger partial charge in [-0.1, -0.05) is 36.4 Å². The molecule has 1 heterocycles. The van der Waals surface area contributed by atoms with Crippen LogP contribution in [0.2, 0.25) is 0 Å². The summed E-state index contributed by atoms with van der Waals surface area (Å²) in [4.78, 5) is 3.55. The normalized spacial score (nSPS) is 12.6. The molecular formula is C26H28N2O4S. The number of aromatic amines is 1. The molecule has 0 fully saturated rings. The molecule has 6 nitrogen and oxygen atoms in total. The molecule has 1 unspecified atom stereocenters. The third kappa shape index (κ3) is 4.47. The second-order valence-corrected chi connectivity index (χ2v) is 9.79. The number of aromatic nitrogens is 1. The maximum Gasteiger partial charge on any atom is 0.240 e. The van der Waals surface area contributed by atoms with Gasteiger partial charge in [0, 0.05) is 35.1 Å². The molecule has 0 aliphatic rings. The number of ether oxygens (including phenoxy) is 2. The second kappa shape index (κ2) is 9.29. The van der Waals surface area contributed by atoms with Gasteiger partial charge in [-0.05, 0) is 54.8 Å². The Kier molecular flexibility index (Phi) is 6.44. The van der Waals surface area contributed by atoms with Crippen LogP contribution in [0.3, 0.4) is 0 Å². The summed E-state index contributed by atoms with van der Waals surface area (Å²) in [6.07, 6.45) is 1.93. The summed E-state index contributed by atoms with van der Waals surface area (Å²) < 4.78 is 40.4. The van der Waals surface area contributed by atoms with Crippen molar-refractivity contribution in [1.82, 2.24) is 9.71 Å². The number of hydrogen-bond acceptors (Lipinski definition) is 4. The molecule has 1 atom stereocenters. The maximum atomic E-state index is 13.2. The van der Waals surface area contributed by atoms with Crippen molar-refractivity contribution >= 4 is 20.9 Å². The molecule has 4 rings (SSSR count). The molecule has 172 valence electrons. The zero-order valence-corrected chi connectivity index (χ0v) is 20.0. The van der Waals surface area contributed by atoms with E-state index in [-0.39, 0.29) is 17.4 Å². The van der Waals surface area contributed by atoms with Crippen molar-refractivity contribution in [3.8, 4) is 11.5 Å². The van der Waals surface area contributed by atoms with Crippen LogP contribution in [0.1, 0.15) is 28.2 Å². The molecule has 3 aromatic carbocycles. The molecule has 0 aliphatic heterocycles. The molecule has 33 heavy (non-hydrogen) atoms. The first-order valence-corrected chi connectivity index (χ1v) is 12.2. The number of hydrogen-bond donors (Lipinski definition) is 2. The van der Waals surface area contributed by atoms with Crippen LogP contribution in [-0.2, 0) is 10.0 Å². The molecule has 0 spiro atoms. The third-order valence-electron chi connectivity index (χ3n) is 6.07. The maximum absolute atomic E-state index is 13.2. The van der Waals surface area contributed by atoms with Gasteiger partial charge in [-0.15, -0.1) is 0 Å². The van der Waals surface area contributed by atoms with E-state index < -0.39 is 10.0 Å². The zero-order valence-electron chi connectivity index (χ0n) is 19.2. The van der Waals surface area contributed by atoms with Crippen LogP contribution >= 0.6 is 0 Å². The number of fused-ring (bicyclic) bond motifs is 1. The van der Waals surface area contributed by atoms with E-state index in [1.54, 1.807) is 26.4 Å². The fourth-order valence-corrected chi connectivity index (χ4v) is 5.25. The van der Waals surface area contributed by atoms with Gasteiger partial charge < -0.3 is 14.5 Å². The molecular weight excluding hydrogens is 436 g/mol. The van der Waals surface area contributed by atoms with Gasteiger partial charge in [0.2, 0.25) is 10.0 Å². The van der Waals surface area contributed by atoms with E-state index in [1.807, 2.05) is 68.6 Å². The molecule has 0 bridgehead atoms. The van der Waals surface area contributed by atoms with Gasteiger partial charge in [0.05, 0.1) is 19.1 Å². The predicted octanol–water partition coefficient (Wildman–Crippen LogP) is 4.91. The van der Waals surface area contributed by atoms with Gasteiger partial charge in [-0.2, -0.15) is 0 Å². The van der Waals surface area contributed by atoms with E-state index >= 15 is 0 Å². The van der Waals surface area contributed by atoms with Crippen LogP contribution in [0, 0.1) is 13.8 Å². The molecule has 7 heteroatoms. The number of sulfonamides is 1. The number of benzene rings is 3. The molecule has 0 aliphatic carbocycles. The first-order valence-electron chi connectivity index (χ1n) is 10.7. The van der Waals surface area contributed by atoms with Crippen LogP contribution in [0.4, 0.5) is 0 Å². The Morgan fingerprint density at radius 1 is 0.909 bits per heavy atom. The molecule has 4 aromatic rings. The minimum atomic E-state index is -3.71. The summed E-state index contributed by atoms with van der Waals surface area (Å²) in [5.41, 5.74) is 4.77. The SMILES string of the molecule is COc1cccc(C(CNS(=O)(=O)c2ccc(C)c(C)c2)c2c[nH]c3ccccc23)c1OC. The Hall–Kier alpha value is -3.29. The van der Waals surface area contributed by atoms with Crippen LogP contribution in [-0.4, -0.2) is 34.2 Å². The monoisotopic (exact) mass is 464 g/mol. The van der Waals surface area contributed by atoms with E-state index in [9.17, 15) is 8.42 Å². The standard InChI is InChI=1S/C26H28N2O4S/c1-17-12-13-19(14-18(17)2)33(29,30)28-16-23(21-9-7-11-25(31-3)26(21)32-4)22-15-27-24-10-6-5-8-20(22)24/h5-15,23,27-28H,16H2,1-4H3. The zero-order chi connectivity index (χ0) is 23.6. The second-order valence-electron chi connectivity index (χ2n) is 8.02. The summed E-state index contributed by atoms with van der Waals surface area (Å²) >= 11 is 0. The number of methoxy groups -OCH3 is 2. The third-order valence-corrected chi connectivity index (χ3v) is 7.49. The lowest BCUT2D eigenvalue weighted by atomic mass is 9.90. The fourth-order valence-electron chi connectivity index (χ4n) is 4.11. The van der Waals surface area contributed by atoms with E-state index in [1.165, 1.54) is 0 Å². The van der Waals surface area contributed by atoms with Gasteiger partial charge >= 0.3 is 0 Å². The van der Waals surface area contributed by atoms with E-state index in [0.29, 0.717) is 11.5 Å². The fraction of sp³-hybridized carbons (Fsp3) is 0.231. The lowest BCUT2D eigenvalue weighted by molar-refractivity contribution is 0.350. The molecule has 0 saturated carbocycles. The molecule has 0 radical (unpaired) electrons. The number of rotatable bonds is 8. The molecule has 0 saturated heterocycles. The molecule has 2 N–H and O–H groups in total. The Morgan fingerprint density at radius 3 is 2.42 bits per heavy atom. The first-order chi connectivity index (χ1) is 15.9. The average molecular weight is 465 g/mol. The van der Waals surface area contributed by atoms with Gasteiger partial charge in [0.1, 0.15) is 0 Å². The Morgan fingerprint density at radius 2 is 1.70 bits per heavy atom. The number of aryl methyl sites for hydroxylation is 2. The van der Waals surface area contributed by atoms with E-state index in [0.717, 1.165) is 33.2 Å². The highest BCUT2D eigenvalue weighted by Gasteiger charge is 2.26. The lowest BCUT2D eigenvalue weighted by Gasteiger charge is -2.22. The summed E-state index contributed by atoms with van der Waals surface area (Å²) in [6, 6.07) is 18.8. The average Bonchev–Trinajstić information content (AvgIpc) is 3.24. The topological polar surface area (TPSA) is 80.4 Å². The van der Waals surface area contributed by atoms with Crippen molar-refractivity contribution in [2.24, 2.45) is 0 Å². The number of para-hydroxylation sites is 2. The van der Waals surface area contributed by atoms with Crippen LogP contribution in [0.5, 0.6) is 11.5 Å². The largest absolute Gasteiger partial charge is 0.493 e. The lowest BCUT2D eigenvalue weighted by Crippen LogP contribution is -2.29. The summed E-state index contributed by atoms with van der Waals surface area (Å²) in [5.74, 6) is 0.866. The number of nitrogens with one attached hydrogen (secondary N) is 2. The van der Waals surface area contributed by atoms with E-state index in [4.69, 9.17) is 9.47 Å². The predicted molar refractivity (Wildman–Crippen MR) is 131 cm³/mol. The Labute approximate surface area is 194 Å². The summed E-state index contributed by atoms with van der Waals surface area (Å²) in [7, 11) is -0.536. The highest BCUT2D eigenvalue weighted by Crippen LogP contribution is 2.40. The van der Waals surface area contributed by atoms with Crippen molar-refractivity contribution in [3.63, 3.8) is 0 Å². The summed E-state index contributed by atoms with van der Waals surface area (Å²) in [6.45, 7) is 4.02. The Bertz CT molecular complexity index is 1390. The van der Waals surface area contributed by atoms with Gasteiger partial charge in [0.15, 0.2) is 11.5 Å². The van der Waals surface area contributed by atoms with E-state index in [2.05, 4.69) is 9.71 Å². The van der Waals surface area contributed by atoms with Crippen LogP contribution in [0.15, 0.2) is 71.8 Å². The van der Waals surface area contributed by atoms with Crippen LogP contribution in [0.25, 0.3) is 10.9 Å². The smallest absolute Gasteiger partial charge is 0.240 e. The van der Waals surface area contributed by atoms with Crippen molar-refractivity contribution in [1.29, 1.82) is 0 Å². The number of H-pyrrole nitrogens is 1. The quantitative estimate of drug-likeness (QED) is 0.388. The summed E-state index contributed by atoms with van der Waals surface area (Å²) in [5, 5.41) is 1.03. The van der Waals surface area contributed by atoms with Crippen LogP contribution < -0.4 is 14.2 Å². The molecule has 1 aromatic heterocycles. The van der Waals surface area contributed by atoms with Gasteiger partial charge in [-0.3, -0.25) is 0 Å². The first kappa shape index (κ1) is 22.9.